The van der Waals surface area contributed by atoms with Crippen molar-refractivity contribution in [3.63, 3.8) is 0 Å². The highest BCUT2D eigenvalue weighted by Crippen LogP contribution is 2.36. The number of rotatable bonds is 2. The Hall–Kier alpha value is -2.00. The molecular formula is C17H15ClN2O. The highest BCUT2D eigenvalue weighted by atomic mass is 35.5. The minimum atomic E-state index is 0.277. The fourth-order valence-electron chi connectivity index (χ4n) is 3.08. The molecule has 106 valence electrons. The number of halogens is 1. The maximum atomic E-state index is 6.25. The first-order valence-electron chi connectivity index (χ1n) is 7.19. The van der Waals surface area contributed by atoms with E-state index in [4.69, 9.17) is 16.0 Å². The Morgan fingerprint density at radius 3 is 3.14 bits per heavy atom. The molecule has 0 amide bonds. The largest absolute Gasteiger partial charge is 0.469 e. The number of furan rings is 1. The lowest BCUT2D eigenvalue weighted by atomic mass is 9.93. The van der Waals surface area contributed by atoms with E-state index >= 15 is 0 Å². The van der Waals surface area contributed by atoms with E-state index < -0.39 is 0 Å². The number of nitrogens with one attached hydrogen (secondary N) is 1. The van der Waals surface area contributed by atoms with Crippen molar-refractivity contribution < 1.29 is 4.42 Å². The van der Waals surface area contributed by atoms with E-state index in [2.05, 4.69) is 16.4 Å². The molecule has 1 aliphatic rings. The molecule has 0 radical (unpaired) electrons. The lowest BCUT2D eigenvalue weighted by Crippen LogP contribution is -2.16. The van der Waals surface area contributed by atoms with Crippen LogP contribution in [0.3, 0.4) is 0 Å². The van der Waals surface area contributed by atoms with Crippen molar-refractivity contribution in [1.29, 1.82) is 0 Å². The maximum absolute atomic E-state index is 6.25. The Bertz CT molecular complexity index is 796. The molecule has 2 aromatic heterocycles. The van der Waals surface area contributed by atoms with Crippen LogP contribution in [0.25, 0.3) is 10.9 Å². The van der Waals surface area contributed by atoms with Gasteiger partial charge in [-0.3, -0.25) is 4.98 Å². The van der Waals surface area contributed by atoms with Gasteiger partial charge in [0.15, 0.2) is 0 Å². The number of fused-ring (bicyclic) bond motifs is 2. The zero-order chi connectivity index (χ0) is 14.2. The topological polar surface area (TPSA) is 38.1 Å². The molecule has 0 fully saturated rings. The van der Waals surface area contributed by atoms with Crippen LogP contribution in [-0.4, -0.2) is 4.98 Å². The zero-order valence-electron chi connectivity index (χ0n) is 11.5. The second-order valence-electron chi connectivity index (χ2n) is 5.38. The highest BCUT2D eigenvalue weighted by molar-refractivity contribution is 6.35. The molecule has 2 heterocycles. The van der Waals surface area contributed by atoms with Crippen LogP contribution in [-0.2, 0) is 6.42 Å². The van der Waals surface area contributed by atoms with Crippen molar-refractivity contribution in [3.05, 3.63) is 59.1 Å². The van der Waals surface area contributed by atoms with Crippen LogP contribution in [0.2, 0.25) is 5.02 Å². The van der Waals surface area contributed by atoms with E-state index in [-0.39, 0.29) is 6.04 Å². The Morgan fingerprint density at radius 2 is 2.19 bits per heavy atom. The summed E-state index contributed by atoms with van der Waals surface area (Å²) in [5, 5.41) is 5.32. The second kappa shape index (κ2) is 5.08. The molecule has 4 heteroatoms. The van der Waals surface area contributed by atoms with Crippen molar-refractivity contribution in [2.75, 3.05) is 5.32 Å². The third-order valence-corrected chi connectivity index (χ3v) is 4.43. The van der Waals surface area contributed by atoms with E-state index in [1.54, 1.807) is 12.5 Å². The van der Waals surface area contributed by atoms with Crippen LogP contribution in [0.15, 0.2) is 47.2 Å². The van der Waals surface area contributed by atoms with Gasteiger partial charge in [-0.25, -0.2) is 0 Å². The van der Waals surface area contributed by atoms with Gasteiger partial charge in [-0.05, 0) is 43.2 Å². The summed E-state index contributed by atoms with van der Waals surface area (Å²) < 4.78 is 5.55. The average Bonchev–Trinajstić information content (AvgIpc) is 3.00. The predicted octanol–water partition coefficient (Wildman–Crippen LogP) is 4.97. The number of aromatic nitrogens is 1. The maximum Gasteiger partial charge on any atom is 0.109 e. The first kappa shape index (κ1) is 12.7. The molecule has 1 N–H and O–H groups in total. The molecular weight excluding hydrogens is 284 g/mol. The van der Waals surface area contributed by atoms with Crippen molar-refractivity contribution in [2.45, 2.75) is 25.3 Å². The molecule has 0 spiro atoms. The van der Waals surface area contributed by atoms with Crippen LogP contribution in [0, 0.1) is 0 Å². The molecule has 0 bridgehead atoms. The van der Waals surface area contributed by atoms with E-state index in [0.29, 0.717) is 0 Å². The Balaban J connectivity index is 1.75. The summed E-state index contributed by atoms with van der Waals surface area (Å²) in [6.45, 7) is 0. The first-order chi connectivity index (χ1) is 10.3. The summed E-state index contributed by atoms with van der Waals surface area (Å²) in [7, 11) is 0. The average molecular weight is 299 g/mol. The van der Waals surface area contributed by atoms with E-state index in [0.717, 1.165) is 46.6 Å². The number of benzene rings is 1. The van der Waals surface area contributed by atoms with E-state index in [1.165, 1.54) is 5.56 Å². The Kier molecular flexibility index (Phi) is 3.08. The van der Waals surface area contributed by atoms with Gasteiger partial charge < -0.3 is 9.73 Å². The van der Waals surface area contributed by atoms with Gasteiger partial charge in [-0.15, -0.1) is 0 Å². The molecule has 1 aromatic carbocycles. The van der Waals surface area contributed by atoms with Crippen LogP contribution >= 0.6 is 11.6 Å². The smallest absolute Gasteiger partial charge is 0.109 e. The summed E-state index contributed by atoms with van der Waals surface area (Å²) >= 11 is 6.25. The summed E-state index contributed by atoms with van der Waals surface area (Å²) in [4.78, 5) is 4.48. The van der Waals surface area contributed by atoms with Gasteiger partial charge in [0.25, 0.3) is 0 Å². The van der Waals surface area contributed by atoms with Gasteiger partial charge in [-0.1, -0.05) is 11.6 Å². The molecule has 21 heavy (non-hydrogen) atoms. The third-order valence-electron chi connectivity index (χ3n) is 4.10. The van der Waals surface area contributed by atoms with E-state index in [1.807, 2.05) is 24.3 Å². The van der Waals surface area contributed by atoms with Gasteiger partial charge in [0.2, 0.25) is 0 Å². The van der Waals surface area contributed by atoms with Gasteiger partial charge in [0.05, 0.1) is 28.5 Å². The van der Waals surface area contributed by atoms with Crippen molar-refractivity contribution in [3.8, 4) is 0 Å². The summed E-state index contributed by atoms with van der Waals surface area (Å²) in [6.07, 6.45) is 6.84. The van der Waals surface area contributed by atoms with Crippen LogP contribution < -0.4 is 5.32 Å². The molecule has 3 nitrogen and oxygen atoms in total. The number of hydrogen-bond donors (Lipinski definition) is 1. The molecule has 1 unspecified atom stereocenters. The lowest BCUT2D eigenvalue weighted by Gasteiger charge is -2.24. The van der Waals surface area contributed by atoms with Gasteiger partial charge in [0.1, 0.15) is 5.76 Å². The van der Waals surface area contributed by atoms with Gasteiger partial charge in [0, 0.05) is 23.6 Å². The SMILES string of the molecule is Clc1ccc(NC2CCCc3occc32)c2ncccc12. The monoisotopic (exact) mass is 298 g/mol. The number of hydrogen-bond acceptors (Lipinski definition) is 3. The predicted molar refractivity (Wildman–Crippen MR) is 84.8 cm³/mol. The summed E-state index contributed by atoms with van der Waals surface area (Å²) in [5.74, 6) is 1.10. The first-order valence-corrected chi connectivity index (χ1v) is 7.57. The second-order valence-corrected chi connectivity index (χ2v) is 5.79. The highest BCUT2D eigenvalue weighted by Gasteiger charge is 2.23. The molecule has 1 atom stereocenters. The van der Waals surface area contributed by atoms with Crippen molar-refractivity contribution >= 4 is 28.2 Å². The van der Waals surface area contributed by atoms with Gasteiger partial charge in [-0.2, -0.15) is 0 Å². The quantitative estimate of drug-likeness (QED) is 0.726. The standard InChI is InChI=1S/C17H15ClN2O/c18-13-6-7-15(17-11(13)3-2-9-19-17)20-14-4-1-5-16-12(14)8-10-21-16/h2-3,6-10,14,20H,1,4-5H2. The molecule has 0 aliphatic heterocycles. The van der Waals surface area contributed by atoms with Crippen molar-refractivity contribution in [2.24, 2.45) is 0 Å². The molecule has 4 rings (SSSR count). The van der Waals surface area contributed by atoms with Crippen LogP contribution in [0.4, 0.5) is 5.69 Å². The molecule has 0 saturated carbocycles. The fraction of sp³-hybridized carbons (Fsp3) is 0.235. The van der Waals surface area contributed by atoms with Crippen LogP contribution in [0.5, 0.6) is 0 Å². The third kappa shape index (κ3) is 2.18. The molecule has 3 aromatic rings. The zero-order valence-corrected chi connectivity index (χ0v) is 12.2. The fourth-order valence-corrected chi connectivity index (χ4v) is 3.29. The number of anilines is 1. The lowest BCUT2D eigenvalue weighted by molar-refractivity contribution is 0.461. The Morgan fingerprint density at radius 1 is 1.24 bits per heavy atom. The van der Waals surface area contributed by atoms with E-state index in [9.17, 15) is 0 Å². The molecule has 1 aliphatic carbocycles. The van der Waals surface area contributed by atoms with Gasteiger partial charge >= 0.3 is 0 Å². The number of aryl methyl sites for hydroxylation is 1. The summed E-state index contributed by atoms with van der Waals surface area (Å²) in [5.41, 5.74) is 3.20. The molecule has 0 saturated heterocycles. The Labute approximate surface area is 127 Å². The minimum Gasteiger partial charge on any atom is -0.469 e. The van der Waals surface area contributed by atoms with Crippen molar-refractivity contribution in [1.82, 2.24) is 4.98 Å². The minimum absolute atomic E-state index is 0.277. The van der Waals surface area contributed by atoms with Crippen LogP contribution in [0.1, 0.15) is 30.2 Å². The number of nitrogens with zero attached hydrogens (tertiary/aromatic N) is 1. The normalized spacial score (nSPS) is 17.7. The number of pyridine rings is 1. The summed E-state index contributed by atoms with van der Waals surface area (Å²) in [6, 6.07) is 10.2.